The molecular weight excluding hydrogens is 372 g/mol. The van der Waals surface area contributed by atoms with Gasteiger partial charge in [0.2, 0.25) is 0 Å². The van der Waals surface area contributed by atoms with E-state index in [1.54, 1.807) is 0 Å². The number of para-hydroxylation sites is 1. The molecule has 1 unspecified atom stereocenters. The van der Waals surface area contributed by atoms with Gasteiger partial charge in [-0.2, -0.15) is 0 Å². The fourth-order valence-corrected chi connectivity index (χ4v) is 3.29. The highest BCUT2D eigenvalue weighted by Crippen LogP contribution is 2.24. The van der Waals surface area contributed by atoms with Crippen molar-refractivity contribution in [2.45, 2.75) is 58.5 Å². The molecule has 25 heavy (non-hydrogen) atoms. The molecule has 0 aliphatic carbocycles. The zero-order valence-electron chi connectivity index (χ0n) is 15.3. The van der Waals surface area contributed by atoms with Crippen LogP contribution in [0.25, 0.3) is 0 Å². The minimum Gasteiger partial charge on any atom is -0.381 e. The lowest BCUT2D eigenvalue weighted by Gasteiger charge is -2.21. The zero-order valence-corrected chi connectivity index (χ0v) is 16.9. The Hall–Kier alpha value is -1.61. The summed E-state index contributed by atoms with van der Waals surface area (Å²) < 4.78 is 1.12. The molecule has 2 aromatic rings. The van der Waals surface area contributed by atoms with E-state index in [0.717, 1.165) is 17.4 Å². The van der Waals surface area contributed by atoms with Crippen molar-refractivity contribution >= 4 is 27.3 Å². The summed E-state index contributed by atoms with van der Waals surface area (Å²) in [5.74, 6) is 0. The van der Waals surface area contributed by atoms with Crippen LogP contribution < -0.4 is 5.32 Å². The number of halogens is 1. The third-order valence-corrected chi connectivity index (χ3v) is 5.00. The highest BCUT2D eigenvalue weighted by molar-refractivity contribution is 9.10. The molecule has 0 aromatic heterocycles. The van der Waals surface area contributed by atoms with Crippen molar-refractivity contribution in [1.82, 2.24) is 0 Å². The lowest BCUT2D eigenvalue weighted by Crippen LogP contribution is -2.22. The summed E-state index contributed by atoms with van der Waals surface area (Å²) in [6.07, 6.45) is 5.95. The Morgan fingerprint density at radius 1 is 1.04 bits per heavy atom. The lowest BCUT2D eigenvalue weighted by atomic mass is 10.0. The highest BCUT2D eigenvalue weighted by atomic mass is 79.9. The van der Waals surface area contributed by atoms with Gasteiger partial charge >= 0.3 is 0 Å². The van der Waals surface area contributed by atoms with E-state index in [2.05, 4.69) is 77.6 Å². The van der Waals surface area contributed by atoms with E-state index in [1.807, 2.05) is 12.1 Å². The quantitative estimate of drug-likeness (QED) is 0.341. The third-order valence-electron chi connectivity index (χ3n) is 4.31. The van der Waals surface area contributed by atoms with Gasteiger partial charge in [0.25, 0.3) is 0 Å². The summed E-state index contributed by atoms with van der Waals surface area (Å²) in [7, 11) is 0. The van der Waals surface area contributed by atoms with Gasteiger partial charge in [-0.15, -0.1) is 0 Å². The number of rotatable bonds is 10. The Labute approximate surface area is 160 Å². The topological polar surface area (TPSA) is 24.4 Å². The predicted octanol–water partition coefficient (Wildman–Crippen LogP) is 6.86. The molecule has 2 rings (SSSR count). The van der Waals surface area contributed by atoms with Gasteiger partial charge in [-0.05, 0) is 47.0 Å². The average Bonchev–Trinajstić information content (AvgIpc) is 2.63. The van der Waals surface area contributed by atoms with E-state index in [9.17, 15) is 0 Å². The summed E-state index contributed by atoms with van der Waals surface area (Å²) in [5, 5.41) is 3.71. The summed E-state index contributed by atoms with van der Waals surface area (Å²) in [6, 6.07) is 19.2. The Morgan fingerprint density at radius 3 is 2.48 bits per heavy atom. The van der Waals surface area contributed by atoms with Gasteiger partial charge in [0.15, 0.2) is 0 Å². The van der Waals surface area contributed by atoms with Crippen LogP contribution in [0.4, 0.5) is 5.69 Å². The number of unbranched alkanes of at least 4 members (excludes halogenated alkanes) is 2. The molecule has 0 amide bonds. The van der Waals surface area contributed by atoms with Crippen molar-refractivity contribution < 1.29 is 0 Å². The molecule has 0 fully saturated rings. The van der Waals surface area contributed by atoms with Gasteiger partial charge < -0.3 is 5.32 Å². The van der Waals surface area contributed by atoms with Gasteiger partial charge in [0, 0.05) is 28.3 Å². The van der Waals surface area contributed by atoms with E-state index in [4.69, 9.17) is 4.99 Å². The van der Waals surface area contributed by atoms with Crippen LogP contribution in [0.5, 0.6) is 0 Å². The molecule has 134 valence electrons. The second-order valence-corrected chi connectivity index (χ2v) is 7.41. The van der Waals surface area contributed by atoms with E-state index in [-0.39, 0.29) is 0 Å². The molecule has 3 heteroatoms. The predicted molar refractivity (Wildman–Crippen MR) is 114 cm³/mol. The SMILES string of the molecule is CCCCCC(CC(C)=NCc1ccccc1)Nc1ccccc1Br. The molecule has 0 aliphatic heterocycles. The normalized spacial score (nSPS) is 12.8. The Kier molecular flexibility index (Phi) is 8.75. The van der Waals surface area contributed by atoms with Crippen LogP contribution in [-0.4, -0.2) is 11.8 Å². The third kappa shape index (κ3) is 7.43. The summed E-state index contributed by atoms with van der Waals surface area (Å²) in [5.41, 5.74) is 3.65. The minimum absolute atomic E-state index is 0.421. The monoisotopic (exact) mass is 400 g/mol. The van der Waals surface area contributed by atoms with Crippen LogP contribution in [0.2, 0.25) is 0 Å². The Bertz CT molecular complexity index is 652. The van der Waals surface area contributed by atoms with Crippen LogP contribution >= 0.6 is 15.9 Å². The van der Waals surface area contributed by atoms with Crippen molar-refractivity contribution in [2.75, 3.05) is 5.32 Å². The first-order valence-corrected chi connectivity index (χ1v) is 10.0. The molecule has 1 atom stereocenters. The second kappa shape index (κ2) is 11.1. The number of nitrogens with zero attached hydrogens (tertiary/aromatic N) is 1. The van der Waals surface area contributed by atoms with Crippen LogP contribution in [-0.2, 0) is 6.54 Å². The molecule has 0 bridgehead atoms. The first-order chi connectivity index (χ1) is 12.2. The van der Waals surface area contributed by atoms with Gasteiger partial charge in [0.1, 0.15) is 0 Å². The molecule has 0 radical (unpaired) electrons. The fourth-order valence-electron chi connectivity index (χ4n) is 2.89. The lowest BCUT2D eigenvalue weighted by molar-refractivity contribution is 0.596. The van der Waals surface area contributed by atoms with Crippen molar-refractivity contribution in [1.29, 1.82) is 0 Å². The second-order valence-electron chi connectivity index (χ2n) is 6.56. The van der Waals surface area contributed by atoms with E-state index >= 15 is 0 Å². The van der Waals surface area contributed by atoms with Crippen LogP contribution in [0.3, 0.4) is 0 Å². The maximum absolute atomic E-state index is 4.79. The van der Waals surface area contributed by atoms with Crippen LogP contribution in [0.15, 0.2) is 64.1 Å². The molecule has 2 aromatic carbocycles. The standard InChI is InChI=1S/C22H29BrN2/c1-3-4-6-13-20(25-22-15-10-9-14-21(22)23)16-18(2)24-17-19-11-7-5-8-12-19/h5,7-12,14-15,20,25H,3-4,6,13,16-17H2,1-2H3. The van der Waals surface area contributed by atoms with E-state index in [0.29, 0.717) is 6.04 Å². The molecule has 1 N–H and O–H groups in total. The van der Waals surface area contributed by atoms with Crippen LogP contribution in [0, 0.1) is 0 Å². The first-order valence-electron chi connectivity index (χ1n) is 9.24. The Morgan fingerprint density at radius 2 is 1.76 bits per heavy atom. The number of hydrogen-bond acceptors (Lipinski definition) is 2. The molecule has 0 heterocycles. The zero-order chi connectivity index (χ0) is 17.9. The number of hydrogen-bond donors (Lipinski definition) is 1. The molecule has 0 saturated carbocycles. The minimum atomic E-state index is 0.421. The average molecular weight is 401 g/mol. The summed E-state index contributed by atoms with van der Waals surface area (Å²) >= 11 is 3.64. The molecule has 0 saturated heterocycles. The van der Waals surface area contributed by atoms with Crippen molar-refractivity contribution in [3.8, 4) is 0 Å². The Balaban J connectivity index is 1.97. The maximum Gasteiger partial charge on any atom is 0.0639 e. The molecular formula is C22H29BrN2. The highest BCUT2D eigenvalue weighted by Gasteiger charge is 2.11. The molecule has 0 aliphatic rings. The molecule has 0 spiro atoms. The number of benzene rings is 2. The van der Waals surface area contributed by atoms with E-state index < -0.39 is 0 Å². The fraction of sp³-hybridized carbons (Fsp3) is 0.409. The summed E-state index contributed by atoms with van der Waals surface area (Å²) in [4.78, 5) is 4.79. The van der Waals surface area contributed by atoms with E-state index in [1.165, 1.54) is 42.6 Å². The maximum atomic E-state index is 4.79. The largest absolute Gasteiger partial charge is 0.381 e. The van der Waals surface area contributed by atoms with Crippen molar-refractivity contribution in [3.05, 3.63) is 64.6 Å². The van der Waals surface area contributed by atoms with Crippen molar-refractivity contribution in [3.63, 3.8) is 0 Å². The smallest absolute Gasteiger partial charge is 0.0639 e. The van der Waals surface area contributed by atoms with Crippen molar-refractivity contribution in [2.24, 2.45) is 4.99 Å². The number of aliphatic imine (C=N–C) groups is 1. The van der Waals surface area contributed by atoms with Crippen LogP contribution in [0.1, 0.15) is 51.5 Å². The van der Waals surface area contributed by atoms with Gasteiger partial charge in [-0.1, -0.05) is 68.7 Å². The van der Waals surface area contributed by atoms with Gasteiger partial charge in [-0.3, -0.25) is 4.99 Å². The van der Waals surface area contributed by atoms with Gasteiger partial charge in [0.05, 0.1) is 6.54 Å². The number of nitrogens with one attached hydrogen (secondary N) is 1. The first kappa shape index (κ1) is 19.7. The summed E-state index contributed by atoms with van der Waals surface area (Å²) in [6.45, 7) is 5.17. The molecule has 2 nitrogen and oxygen atoms in total. The number of anilines is 1. The van der Waals surface area contributed by atoms with Gasteiger partial charge in [-0.25, -0.2) is 0 Å².